The SMILES string of the molecule is NCC(N)c1cc(N)c(F)cc1F. The first-order valence-corrected chi connectivity index (χ1v) is 3.76. The molecule has 0 aromatic heterocycles. The number of hydrogen-bond donors (Lipinski definition) is 3. The van der Waals surface area contributed by atoms with Crippen molar-refractivity contribution in [1.82, 2.24) is 0 Å². The first-order chi connectivity index (χ1) is 6.06. The Labute approximate surface area is 74.5 Å². The highest BCUT2D eigenvalue weighted by atomic mass is 19.1. The number of benzene rings is 1. The molecule has 0 heterocycles. The van der Waals surface area contributed by atoms with Gasteiger partial charge in [0, 0.05) is 24.2 Å². The quantitative estimate of drug-likeness (QED) is 0.590. The van der Waals surface area contributed by atoms with Crippen molar-refractivity contribution in [3.63, 3.8) is 0 Å². The molecule has 13 heavy (non-hydrogen) atoms. The highest BCUT2D eigenvalue weighted by Gasteiger charge is 2.12. The summed E-state index contributed by atoms with van der Waals surface area (Å²) in [7, 11) is 0. The molecule has 0 saturated carbocycles. The molecule has 0 aliphatic carbocycles. The Morgan fingerprint density at radius 1 is 1.23 bits per heavy atom. The summed E-state index contributed by atoms with van der Waals surface area (Å²) >= 11 is 0. The maximum Gasteiger partial charge on any atom is 0.149 e. The van der Waals surface area contributed by atoms with Crippen LogP contribution < -0.4 is 17.2 Å². The summed E-state index contributed by atoms with van der Waals surface area (Å²) in [5, 5.41) is 0. The normalized spacial score (nSPS) is 12.9. The highest BCUT2D eigenvalue weighted by Crippen LogP contribution is 2.20. The summed E-state index contributed by atoms with van der Waals surface area (Å²) in [4.78, 5) is 0. The molecule has 1 unspecified atom stereocenters. The largest absolute Gasteiger partial charge is 0.396 e. The van der Waals surface area contributed by atoms with Gasteiger partial charge in [0.1, 0.15) is 11.6 Å². The van der Waals surface area contributed by atoms with Crippen LogP contribution in [0, 0.1) is 11.6 Å². The van der Waals surface area contributed by atoms with Crippen LogP contribution in [0.2, 0.25) is 0 Å². The van der Waals surface area contributed by atoms with Crippen molar-refractivity contribution in [1.29, 1.82) is 0 Å². The minimum atomic E-state index is -0.787. The number of halogens is 2. The lowest BCUT2D eigenvalue weighted by Gasteiger charge is -2.11. The molecule has 0 aliphatic heterocycles. The Balaban J connectivity index is 3.15. The van der Waals surface area contributed by atoms with E-state index in [1.165, 1.54) is 6.07 Å². The summed E-state index contributed by atoms with van der Waals surface area (Å²) in [6, 6.07) is 1.23. The number of anilines is 1. The first kappa shape index (κ1) is 9.88. The van der Waals surface area contributed by atoms with Crippen LogP contribution in [-0.4, -0.2) is 6.54 Å². The van der Waals surface area contributed by atoms with Crippen LogP contribution >= 0.6 is 0 Å². The van der Waals surface area contributed by atoms with E-state index < -0.39 is 17.7 Å². The van der Waals surface area contributed by atoms with Crippen molar-refractivity contribution < 1.29 is 8.78 Å². The summed E-state index contributed by atoms with van der Waals surface area (Å²) in [6.45, 7) is 0.0853. The second-order valence-electron chi connectivity index (χ2n) is 2.74. The van der Waals surface area contributed by atoms with Crippen LogP contribution in [0.5, 0.6) is 0 Å². The third kappa shape index (κ3) is 1.93. The Morgan fingerprint density at radius 2 is 1.85 bits per heavy atom. The molecule has 1 aromatic rings. The number of rotatable bonds is 2. The van der Waals surface area contributed by atoms with Gasteiger partial charge in [0.25, 0.3) is 0 Å². The zero-order chi connectivity index (χ0) is 10.0. The van der Waals surface area contributed by atoms with Gasteiger partial charge in [-0.3, -0.25) is 0 Å². The minimum absolute atomic E-state index is 0.0853. The Kier molecular flexibility index (Phi) is 2.79. The molecule has 0 spiro atoms. The second kappa shape index (κ2) is 3.68. The van der Waals surface area contributed by atoms with Gasteiger partial charge in [0.05, 0.1) is 5.69 Å². The molecule has 0 fully saturated rings. The van der Waals surface area contributed by atoms with E-state index in [9.17, 15) is 8.78 Å². The molecule has 72 valence electrons. The van der Waals surface area contributed by atoms with Gasteiger partial charge in [-0.05, 0) is 6.07 Å². The van der Waals surface area contributed by atoms with E-state index in [2.05, 4.69) is 0 Å². The van der Waals surface area contributed by atoms with E-state index >= 15 is 0 Å². The standard InChI is InChI=1S/C8H11F2N3/c9-5-2-6(10)7(12)1-4(5)8(13)3-11/h1-2,8H,3,11-13H2. The van der Waals surface area contributed by atoms with E-state index in [-0.39, 0.29) is 17.8 Å². The van der Waals surface area contributed by atoms with Gasteiger partial charge in [-0.2, -0.15) is 0 Å². The zero-order valence-corrected chi connectivity index (χ0v) is 6.93. The molecule has 5 heteroatoms. The molecular formula is C8H11F2N3. The molecule has 0 saturated heterocycles. The molecule has 1 rings (SSSR count). The zero-order valence-electron chi connectivity index (χ0n) is 6.93. The van der Waals surface area contributed by atoms with Crippen molar-refractivity contribution in [3.8, 4) is 0 Å². The van der Waals surface area contributed by atoms with Crippen LogP contribution in [-0.2, 0) is 0 Å². The van der Waals surface area contributed by atoms with Crippen LogP contribution in [0.3, 0.4) is 0 Å². The fraction of sp³-hybridized carbons (Fsp3) is 0.250. The average Bonchev–Trinajstić information content (AvgIpc) is 2.10. The topological polar surface area (TPSA) is 78.1 Å². The van der Waals surface area contributed by atoms with Crippen molar-refractivity contribution >= 4 is 5.69 Å². The summed E-state index contributed by atoms with van der Waals surface area (Å²) in [5.74, 6) is -1.50. The smallest absolute Gasteiger partial charge is 0.149 e. The van der Waals surface area contributed by atoms with Gasteiger partial charge in [0.2, 0.25) is 0 Å². The molecule has 1 atom stereocenters. The molecule has 3 nitrogen and oxygen atoms in total. The van der Waals surface area contributed by atoms with Gasteiger partial charge in [-0.25, -0.2) is 8.78 Å². The molecule has 0 amide bonds. The van der Waals surface area contributed by atoms with Crippen LogP contribution in [0.1, 0.15) is 11.6 Å². The molecular weight excluding hydrogens is 176 g/mol. The van der Waals surface area contributed by atoms with Gasteiger partial charge < -0.3 is 17.2 Å². The highest BCUT2D eigenvalue weighted by molar-refractivity contribution is 5.44. The van der Waals surface area contributed by atoms with Gasteiger partial charge >= 0.3 is 0 Å². The lowest BCUT2D eigenvalue weighted by atomic mass is 10.1. The molecule has 0 bridgehead atoms. The lowest BCUT2D eigenvalue weighted by molar-refractivity contribution is 0.559. The fourth-order valence-electron chi connectivity index (χ4n) is 0.994. The van der Waals surface area contributed by atoms with Crippen molar-refractivity contribution in [2.24, 2.45) is 11.5 Å². The maximum atomic E-state index is 13.0. The van der Waals surface area contributed by atoms with E-state index in [0.29, 0.717) is 6.07 Å². The molecule has 0 radical (unpaired) electrons. The van der Waals surface area contributed by atoms with Gasteiger partial charge in [-0.1, -0.05) is 0 Å². The predicted molar refractivity (Wildman–Crippen MR) is 46.8 cm³/mol. The van der Waals surface area contributed by atoms with Gasteiger partial charge in [-0.15, -0.1) is 0 Å². The van der Waals surface area contributed by atoms with Crippen molar-refractivity contribution in [3.05, 3.63) is 29.3 Å². The molecule has 1 aromatic carbocycles. The number of nitrogen functional groups attached to an aromatic ring is 1. The Hall–Kier alpha value is -1.20. The van der Waals surface area contributed by atoms with Crippen LogP contribution in [0.4, 0.5) is 14.5 Å². The van der Waals surface area contributed by atoms with E-state index in [0.717, 1.165) is 0 Å². The molecule has 6 N–H and O–H groups in total. The van der Waals surface area contributed by atoms with Crippen molar-refractivity contribution in [2.45, 2.75) is 6.04 Å². The van der Waals surface area contributed by atoms with E-state index in [1.54, 1.807) is 0 Å². The predicted octanol–water partition coefficient (Wildman–Crippen LogP) is 0.506. The lowest BCUT2D eigenvalue weighted by Crippen LogP contribution is -2.22. The molecule has 0 aliphatic rings. The fourth-order valence-corrected chi connectivity index (χ4v) is 0.994. The Morgan fingerprint density at radius 3 is 2.38 bits per heavy atom. The van der Waals surface area contributed by atoms with E-state index in [1.807, 2.05) is 0 Å². The summed E-state index contributed by atoms with van der Waals surface area (Å²) in [5.41, 5.74) is 16.0. The third-order valence-corrected chi connectivity index (χ3v) is 1.77. The van der Waals surface area contributed by atoms with Crippen LogP contribution in [0.15, 0.2) is 12.1 Å². The summed E-state index contributed by atoms with van der Waals surface area (Å²) in [6.07, 6.45) is 0. The first-order valence-electron chi connectivity index (χ1n) is 3.76. The summed E-state index contributed by atoms with van der Waals surface area (Å²) < 4.78 is 25.7. The number of hydrogen-bond acceptors (Lipinski definition) is 3. The number of nitrogens with two attached hydrogens (primary N) is 3. The van der Waals surface area contributed by atoms with E-state index in [4.69, 9.17) is 17.2 Å². The Bertz CT molecular complexity index is 315. The average molecular weight is 187 g/mol. The monoisotopic (exact) mass is 187 g/mol. The van der Waals surface area contributed by atoms with Crippen molar-refractivity contribution in [2.75, 3.05) is 12.3 Å². The third-order valence-electron chi connectivity index (χ3n) is 1.77. The van der Waals surface area contributed by atoms with Gasteiger partial charge in [0.15, 0.2) is 0 Å². The maximum absolute atomic E-state index is 13.0. The second-order valence-corrected chi connectivity index (χ2v) is 2.74. The van der Waals surface area contributed by atoms with Crippen LogP contribution in [0.25, 0.3) is 0 Å². The minimum Gasteiger partial charge on any atom is -0.396 e.